The van der Waals surface area contributed by atoms with E-state index in [1.165, 1.54) is 4.90 Å². The average molecular weight is 372 g/mol. The van der Waals surface area contributed by atoms with Gasteiger partial charge in [-0.2, -0.15) is 0 Å². The Balaban J connectivity index is 1.47. The molecule has 2 aliphatic rings. The summed E-state index contributed by atoms with van der Waals surface area (Å²) in [6.07, 6.45) is 4.51. The number of nitrogens with zero attached hydrogens (tertiary/aromatic N) is 2. The molecular formula is C20H28N4O3. The van der Waals surface area contributed by atoms with Crippen LogP contribution in [0.2, 0.25) is 0 Å². The van der Waals surface area contributed by atoms with Crippen molar-refractivity contribution in [2.45, 2.75) is 50.6 Å². The van der Waals surface area contributed by atoms with E-state index < -0.39 is 5.54 Å². The molecule has 1 saturated heterocycles. The first kappa shape index (κ1) is 19.2. The third kappa shape index (κ3) is 4.23. The largest absolute Gasteiger partial charge is 0.378 e. The molecule has 0 bridgehead atoms. The number of anilines is 1. The fourth-order valence-corrected chi connectivity index (χ4v) is 3.79. The Labute approximate surface area is 160 Å². The van der Waals surface area contributed by atoms with Crippen molar-refractivity contribution in [1.29, 1.82) is 0 Å². The summed E-state index contributed by atoms with van der Waals surface area (Å²) in [6.45, 7) is 0.550. The van der Waals surface area contributed by atoms with Gasteiger partial charge in [-0.05, 0) is 30.5 Å². The van der Waals surface area contributed by atoms with E-state index in [2.05, 4.69) is 10.6 Å². The number of hydrogen-bond donors (Lipinski definition) is 2. The Hall–Kier alpha value is -2.57. The van der Waals surface area contributed by atoms with Gasteiger partial charge >= 0.3 is 6.03 Å². The van der Waals surface area contributed by atoms with Gasteiger partial charge < -0.3 is 15.5 Å². The van der Waals surface area contributed by atoms with Gasteiger partial charge in [-0.1, -0.05) is 31.4 Å². The zero-order chi connectivity index (χ0) is 19.4. The highest BCUT2D eigenvalue weighted by Gasteiger charge is 2.50. The van der Waals surface area contributed by atoms with Gasteiger partial charge in [-0.3, -0.25) is 14.5 Å². The van der Waals surface area contributed by atoms with E-state index in [0.717, 1.165) is 30.5 Å². The lowest BCUT2D eigenvalue weighted by Gasteiger charge is -2.30. The summed E-state index contributed by atoms with van der Waals surface area (Å²) in [6, 6.07) is 7.57. The molecule has 2 N–H and O–H groups in total. The second-order valence-corrected chi connectivity index (χ2v) is 7.62. The highest BCUT2D eigenvalue weighted by atomic mass is 16.2. The quantitative estimate of drug-likeness (QED) is 0.749. The maximum absolute atomic E-state index is 12.7. The van der Waals surface area contributed by atoms with Gasteiger partial charge in [0.15, 0.2) is 0 Å². The maximum Gasteiger partial charge on any atom is 0.325 e. The van der Waals surface area contributed by atoms with Crippen molar-refractivity contribution in [1.82, 2.24) is 15.5 Å². The highest BCUT2D eigenvalue weighted by molar-refractivity contribution is 6.07. The normalized spacial score (nSPS) is 18.5. The number of nitrogens with one attached hydrogen (secondary N) is 2. The second-order valence-electron chi connectivity index (χ2n) is 7.62. The Morgan fingerprint density at radius 1 is 1.15 bits per heavy atom. The van der Waals surface area contributed by atoms with Crippen LogP contribution in [0.25, 0.3) is 0 Å². The highest BCUT2D eigenvalue weighted by Crippen LogP contribution is 2.33. The van der Waals surface area contributed by atoms with Crippen LogP contribution in [0, 0.1) is 0 Å². The van der Waals surface area contributed by atoms with Crippen molar-refractivity contribution in [3.63, 3.8) is 0 Å². The number of carbonyl (C=O) groups is 3. The lowest BCUT2D eigenvalue weighted by atomic mass is 9.82. The van der Waals surface area contributed by atoms with Gasteiger partial charge in [0.2, 0.25) is 5.91 Å². The number of hydrogen-bond acceptors (Lipinski definition) is 4. The number of amides is 4. The average Bonchev–Trinajstić information content (AvgIpc) is 2.88. The van der Waals surface area contributed by atoms with Gasteiger partial charge in [-0.15, -0.1) is 0 Å². The van der Waals surface area contributed by atoms with Gasteiger partial charge in [0, 0.05) is 39.3 Å². The van der Waals surface area contributed by atoms with E-state index in [4.69, 9.17) is 0 Å². The molecule has 0 aromatic heterocycles. The molecule has 146 valence electrons. The standard InChI is InChI=1S/C20H28N4O3/c1-23(2)16-8-6-15(7-9-16)14-21-17(25)10-13-24-18(26)20(22-19(24)27)11-4-3-5-12-20/h6-9H,3-5,10-14H2,1-2H3,(H,21,25)(H,22,27). The number of benzene rings is 1. The molecule has 27 heavy (non-hydrogen) atoms. The van der Waals surface area contributed by atoms with E-state index in [1.807, 2.05) is 43.3 Å². The van der Waals surface area contributed by atoms with Crippen LogP contribution >= 0.6 is 0 Å². The van der Waals surface area contributed by atoms with Crippen molar-refractivity contribution >= 4 is 23.5 Å². The smallest absolute Gasteiger partial charge is 0.325 e. The number of urea groups is 1. The van der Waals surface area contributed by atoms with Crippen molar-refractivity contribution in [3.8, 4) is 0 Å². The van der Waals surface area contributed by atoms with Crippen LogP contribution in [0.4, 0.5) is 10.5 Å². The minimum Gasteiger partial charge on any atom is -0.378 e. The first-order chi connectivity index (χ1) is 12.9. The van der Waals surface area contributed by atoms with Crippen molar-refractivity contribution in [2.24, 2.45) is 0 Å². The van der Waals surface area contributed by atoms with Gasteiger partial charge in [0.05, 0.1) is 0 Å². The van der Waals surface area contributed by atoms with Crippen LogP contribution in [0.15, 0.2) is 24.3 Å². The Morgan fingerprint density at radius 2 is 1.81 bits per heavy atom. The molecule has 1 aromatic rings. The van der Waals surface area contributed by atoms with Crippen LogP contribution in [-0.4, -0.2) is 48.9 Å². The molecule has 1 aliphatic heterocycles. The topological polar surface area (TPSA) is 81.8 Å². The van der Waals surface area contributed by atoms with E-state index in [1.54, 1.807) is 0 Å². The summed E-state index contributed by atoms with van der Waals surface area (Å²) in [5.74, 6) is -0.337. The molecule has 7 nitrogen and oxygen atoms in total. The third-order valence-electron chi connectivity index (χ3n) is 5.46. The van der Waals surface area contributed by atoms with Crippen LogP contribution in [-0.2, 0) is 16.1 Å². The molecule has 2 fully saturated rings. The Bertz CT molecular complexity index is 708. The van der Waals surface area contributed by atoms with E-state index >= 15 is 0 Å². The fraction of sp³-hybridized carbons (Fsp3) is 0.550. The first-order valence-corrected chi connectivity index (χ1v) is 9.58. The van der Waals surface area contributed by atoms with E-state index in [0.29, 0.717) is 19.4 Å². The van der Waals surface area contributed by atoms with Crippen molar-refractivity contribution < 1.29 is 14.4 Å². The summed E-state index contributed by atoms with van der Waals surface area (Å²) >= 11 is 0. The summed E-state index contributed by atoms with van der Waals surface area (Å²) < 4.78 is 0. The monoisotopic (exact) mass is 372 g/mol. The minimum atomic E-state index is -0.722. The zero-order valence-electron chi connectivity index (χ0n) is 16.1. The molecule has 0 radical (unpaired) electrons. The molecule has 1 heterocycles. The van der Waals surface area contributed by atoms with Gasteiger partial charge in [0.25, 0.3) is 5.91 Å². The predicted molar refractivity (Wildman–Crippen MR) is 103 cm³/mol. The number of imide groups is 1. The molecule has 0 atom stereocenters. The summed E-state index contributed by atoms with van der Waals surface area (Å²) in [7, 11) is 3.95. The van der Waals surface area contributed by atoms with Crippen LogP contribution in [0.5, 0.6) is 0 Å². The van der Waals surface area contributed by atoms with Gasteiger partial charge in [0.1, 0.15) is 5.54 Å². The van der Waals surface area contributed by atoms with Crippen molar-refractivity contribution in [2.75, 3.05) is 25.5 Å². The minimum absolute atomic E-state index is 0.116. The van der Waals surface area contributed by atoms with Crippen LogP contribution < -0.4 is 15.5 Å². The lowest BCUT2D eigenvalue weighted by molar-refractivity contribution is -0.132. The molecule has 4 amide bonds. The molecule has 7 heteroatoms. The second kappa shape index (κ2) is 7.98. The first-order valence-electron chi connectivity index (χ1n) is 9.58. The molecule has 3 rings (SSSR count). The molecule has 1 spiro atoms. The zero-order valence-corrected chi connectivity index (χ0v) is 16.1. The van der Waals surface area contributed by atoms with Crippen molar-refractivity contribution in [3.05, 3.63) is 29.8 Å². The lowest BCUT2D eigenvalue weighted by Crippen LogP contribution is -2.48. The number of rotatable bonds is 6. The fourth-order valence-electron chi connectivity index (χ4n) is 3.79. The Kier molecular flexibility index (Phi) is 5.68. The van der Waals surface area contributed by atoms with Crippen LogP contribution in [0.1, 0.15) is 44.1 Å². The summed E-state index contributed by atoms with van der Waals surface area (Å²) in [5, 5.41) is 5.72. The summed E-state index contributed by atoms with van der Waals surface area (Å²) in [4.78, 5) is 40.2. The Morgan fingerprint density at radius 3 is 2.44 bits per heavy atom. The van der Waals surface area contributed by atoms with Gasteiger partial charge in [-0.25, -0.2) is 4.79 Å². The van der Waals surface area contributed by atoms with E-state index in [-0.39, 0.29) is 30.8 Å². The maximum atomic E-state index is 12.7. The molecular weight excluding hydrogens is 344 g/mol. The SMILES string of the molecule is CN(C)c1ccc(CNC(=O)CCN2C(=O)NC3(CCCCC3)C2=O)cc1. The molecule has 1 aliphatic carbocycles. The predicted octanol–water partition coefficient (Wildman–Crippen LogP) is 2.01. The van der Waals surface area contributed by atoms with Crippen LogP contribution in [0.3, 0.4) is 0 Å². The molecule has 0 unspecified atom stereocenters. The third-order valence-corrected chi connectivity index (χ3v) is 5.46. The summed E-state index contributed by atoms with van der Waals surface area (Å²) in [5.41, 5.74) is 1.38. The van der Waals surface area contributed by atoms with E-state index in [9.17, 15) is 14.4 Å². The molecule has 1 aromatic carbocycles. The number of carbonyl (C=O) groups excluding carboxylic acids is 3. The molecule has 1 saturated carbocycles.